The molecule has 0 unspecified atom stereocenters. The molecule has 1 heterocycles. The lowest BCUT2D eigenvalue weighted by molar-refractivity contribution is 1.31. The first-order valence-corrected chi connectivity index (χ1v) is 6.46. The summed E-state index contributed by atoms with van der Waals surface area (Å²) < 4.78 is 0. The summed E-state index contributed by atoms with van der Waals surface area (Å²) in [5.41, 5.74) is 4.13. The molecule has 0 saturated carbocycles. The summed E-state index contributed by atoms with van der Waals surface area (Å²) in [6.07, 6.45) is 0. The molecule has 0 aliphatic carbocycles. The predicted octanol–water partition coefficient (Wildman–Crippen LogP) is 4.14. The number of fused-ring (bicyclic) bond motifs is 1. The molecule has 5 heteroatoms. The number of aromatic amines is 1. The van der Waals surface area contributed by atoms with Crippen LogP contribution in [0.5, 0.6) is 0 Å². The number of hydrogen-bond acceptors (Lipinski definition) is 3. The molecule has 3 aromatic rings. The molecule has 2 N–H and O–H groups in total. The third-order valence-electron chi connectivity index (χ3n) is 3.05. The number of benzene rings is 2. The molecule has 0 aliphatic rings. The van der Waals surface area contributed by atoms with Gasteiger partial charge in [-0.15, -0.1) is 0 Å². The first-order valence-electron chi connectivity index (χ1n) is 6.09. The van der Waals surface area contributed by atoms with Crippen molar-refractivity contribution in [1.29, 1.82) is 5.26 Å². The second kappa shape index (κ2) is 4.87. The number of halogens is 1. The lowest BCUT2D eigenvalue weighted by Gasteiger charge is -2.04. The average molecular weight is 283 g/mol. The number of hydrogen-bond donors (Lipinski definition) is 2. The van der Waals surface area contributed by atoms with Gasteiger partial charge in [0.05, 0.1) is 22.7 Å². The third-order valence-corrected chi connectivity index (χ3v) is 3.45. The smallest absolute Gasteiger partial charge is 0.205 e. The summed E-state index contributed by atoms with van der Waals surface area (Å²) in [5.74, 6) is 0.620. The van der Waals surface area contributed by atoms with Gasteiger partial charge in [0.15, 0.2) is 0 Å². The summed E-state index contributed by atoms with van der Waals surface area (Å²) in [7, 11) is 0. The normalized spacial score (nSPS) is 10.4. The Morgan fingerprint density at radius 2 is 2.10 bits per heavy atom. The molecule has 4 nitrogen and oxygen atoms in total. The Bertz CT molecular complexity index is 829. The van der Waals surface area contributed by atoms with Gasteiger partial charge in [-0.1, -0.05) is 17.7 Å². The van der Waals surface area contributed by atoms with E-state index in [2.05, 4.69) is 21.4 Å². The zero-order valence-electron chi connectivity index (χ0n) is 10.7. The highest BCUT2D eigenvalue weighted by Crippen LogP contribution is 2.23. The van der Waals surface area contributed by atoms with E-state index in [1.54, 1.807) is 12.1 Å². The SMILES string of the molecule is Cc1ccc(Nc2nc3ccc(C#N)cc3[nH]2)cc1Cl. The number of nitriles is 1. The van der Waals surface area contributed by atoms with Crippen molar-refractivity contribution >= 4 is 34.3 Å². The predicted molar refractivity (Wildman–Crippen MR) is 80.3 cm³/mol. The van der Waals surface area contributed by atoms with E-state index in [-0.39, 0.29) is 0 Å². The highest BCUT2D eigenvalue weighted by Gasteiger charge is 2.05. The largest absolute Gasteiger partial charge is 0.326 e. The zero-order valence-corrected chi connectivity index (χ0v) is 11.5. The van der Waals surface area contributed by atoms with E-state index >= 15 is 0 Å². The lowest BCUT2D eigenvalue weighted by Crippen LogP contribution is -1.92. The van der Waals surface area contributed by atoms with Gasteiger partial charge in [0.25, 0.3) is 0 Å². The third kappa shape index (κ3) is 2.31. The number of nitrogens with zero attached hydrogens (tertiary/aromatic N) is 2. The Balaban J connectivity index is 1.94. The number of nitrogens with one attached hydrogen (secondary N) is 2. The van der Waals surface area contributed by atoms with E-state index in [4.69, 9.17) is 16.9 Å². The number of rotatable bonds is 2. The van der Waals surface area contributed by atoms with Gasteiger partial charge in [0.2, 0.25) is 5.95 Å². The van der Waals surface area contributed by atoms with Crippen molar-refractivity contribution in [3.05, 3.63) is 52.5 Å². The second-order valence-corrected chi connectivity index (χ2v) is 4.93. The molecule has 0 aliphatic heterocycles. The van der Waals surface area contributed by atoms with Crippen molar-refractivity contribution < 1.29 is 0 Å². The Morgan fingerprint density at radius 3 is 2.85 bits per heavy atom. The molecule has 2 aromatic carbocycles. The maximum Gasteiger partial charge on any atom is 0.205 e. The van der Waals surface area contributed by atoms with Gasteiger partial charge in [0.1, 0.15) is 0 Å². The summed E-state index contributed by atoms with van der Waals surface area (Å²) in [6.45, 7) is 1.96. The van der Waals surface area contributed by atoms with Crippen molar-refractivity contribution in [3.63, 3.8) is 0 Å². The van der Waals surface area contributed by atoms with E-state index < -0.39 is 0 Å². The van der Waals surface area contributed by atoms with Crippen molar-refractivity contribution in [2.45, 2.75) is 6.92 Å². The maximum atomic E-state index is 8.88. The van der Waals surface area contributed by atoms with Crippen LogP contribution in [-0.2, 0) is 0 Å². The highest BCUT2D eigenvalue weighted by atomic mass is 35.5. The van der Waals surface area contributed by atoms with Gasteiger partial charge in [-0.05, 0) is 42.8 Å². The molecule has 0 bridgehead atoms. The molecule has 98 valence electrons. The fourth-order valence-electron chi connectivity index (χ4n) is 1.95. The van der Waals surface area contributed by atoms with E-state index in [1.807, 2.05) is 31.2 Å². The monoisotopic (exact) mass is 282 g/mol. The van der Waals surface area contributed by atoms with E-state index in [9.17, 15) is 0 Å². The van der Waals surface area contributed by atoms with Gasteiger partial charge < -0.3 is 10.3 Å². The van der Waals surface area contributed by atoms with Crippen LogP contribution in [0, 0.1) is 18.3 Å². The molecule has 0 amide bonds. The molecule has 3 rings (SSSR count). The van der Waals surface area contributed by atoms with Crippen molar-refractivity contribution in [2.75, 3.05) is 5.32 Å². The molecule has 0 atom stereocenters. The Labute approximate surface area is 121 Å². The summed E-state index contributed by atoms with van der Waals surface area (Å²) in [6, 6.07) is 13.2. The van der Waals surface area contributed by atoms with Gasteiger partial charge >= 0.3 is 0 Å². The van der Waals surface area contributed by atoms with Gasteiger partial charge in [-0.3, -0.25) is 0 Å². The van der Waals surface area contributed by atoms with E-state index in [1.165, 1.54) is 0 Å². The molecule has 0 radical (unpaired) electrons. The minimum atomic E-state index is 0.603. The lowest BCUT2D eigenvalue weighted by atomic mass is 10.2. The van der Waals surface area contributed by atoms with Crippen LogP contribution < -0.4 is 5.32 Å². The molecule has 1 aromatic heterocycles. The summed E-state index contributed by atoms with van der Waals surface area (Å²) in [4.78, 5) is 7.55. The number of anilines is 2. The van der Waals surface area contributed by atoms with Crippen molar-refractivity contribution in [3.8, 4) is 6.07 Å². The fraction of sp³-hybridized carbons (Fsp3) is 0.0667. The van der Waals surface area contributed by atoms with Crippen molar-refractivity contribution in [2.24, 2.45) is 0 Å². The topological polar surface area (TPSA) is 64.5 Å². The second-order valence-electron chi connectivity index (χ2n) is 4.52. The summed E-state index contributed by atoms with van der Waals surface area (Å²) in [5, 5.41) is 12.8. The van der Waals surface area contributed by atoms with Crippen LogP contribution in [0.4, 0.5) is 11.6 Å². The van der Waals surface area contributed by atoms with E-state index in [0.29, 0.717) is 16.5 Å². The highest BCUT2D eigenvalue weighted by molar-refractivity contribution is 6.31. The molecule has 20 heavy (non-hydrogen) atoms. The quantitative estimate of drug-likeness (QED) is 0.742. The van der Waals surface area contributed by atoms with Crippen molar-refractivity contribution in [1.82, 2.24) is 9.97 Å². The Kier molecular flexibility index (Phi) is 3.05. The number of H-pyrrole nitrogens is 1. The van der Waals surface area contributed by atoms with E-state index in [0.717, 1.165) is 22.3 Å². The van der Waals surface area contributed by atoms with Crippen LogP contribution in [0.1, 0.15) is 11.1 Å². The maximum absolute atomic E-state index is 8.88. The van der Waals surface area contributed by atoms with Crippen LogP contribution in [0.2, 0.25) is 5.02 Å². The number of aromatic nitrogens is 2. The first kappa shape index (κ1) is 12.5. The average Bonchev–Trinajstić information content (AvgIpc) is 2.84. The first-order chi connectivity index (χ1) is 9.65. The zero-order chi connectivity index (χ0) is 14.1. The van der Waals surface area contributed by atoms with Crippen LogP contribution in [-0.4, -0.2) is 9.97 Å². The molecule has 0 spiro atoms. The summed E-state index contributed by atoms with van der Waals surface area (Å²) >= 11 is 6.09. The minimum absolute atomic E-state index is 0.603. The van der Waals surface area contributed by atoms with Crippen LogP contribution in [0.25, 0.3) is 11.0 Å². The minimum Gasteiger partial charge on any atom is -0.326 e. The Morgan fingerprint density at radius 1 is 1.25 bits per heavy atom. The van der Waals surface area contributed by atoms with Crippen LogP contribution in [0.15, 0.2) is 36.4 Å². The molecule has 0 saturated heterocycles. The number of imidazole rings is 1. The van der Waals surface area contributed by atoms with Gasteiger partial charge in [0, 0.05) is 10.7 Å². The van der Waals surface area contributed by atoms with Gasteiger partial charge in [-0.25, -0.2) is 4.98 Å². The molecular weight excluding hydrogens is 272 g/mol. The Hall–Kier alpha value is -2.51. The van der Waals surface area contributed by atoms with Gasteiger partial charge in [-0.2, -0.15) is 5.26 Å². The fourth-order valence-corrected chi connectivity index (χ4v) is 2.13. The number of aryl methyl sites for hydroxylation is 1. The van der Waals surface area contributed by atoms with Crippen LogP contribution >= 0.6 is 11.6 Å². The standard InChI is InChI=1S/C15H11ClN4/c1-9-2-4-11(7-12(9)16)18-15-19-13-5-3-10(8-17)6-14(13)20-15/h2-7H,1H3,(H2,18,19,20). The van der Waals surface area contributed by atoms with Crippen LogP contribution in [0.3, 0.4) is 0 Å². The molecular formula is C15H11ClN4. The molecule has 0 fully saturated rings.